The SMILES string of the molecule is CC.CC(C)CC(=O)N1CC=CCC1c1cccnc1.CNC(=O)c1ccccc1C=O. The fourth-order valence-electron chi connectivity index (χ4n) is 3.24. The third kappa shape index (κ3) is 8.10. The van der Waals surface area contributed by atoms with Crippen LogP contribution >= 0.6 is 0 Å². The van der Waals surface area contributed by atoms with Crippen LogP contribution in [0.2, 0.25) is 0 Å². The van der Waals surface area contributed by atoms with Gasteiger partial charge in [0, 0.05) is 43.5 Å². The van der Waals surface area contributed by atoms with Crippen molar-refractivity contribution in [3.8, 4) is 0 Å². The molecule has 6 heteroatoms. The van der Waals surface area contributed by atoms with Crippen molar-refractivity contribution in [1.29, 1.82) is 0 Å². The number of benzene rings is 1. The van der Waals surface area contributed by atoms with Crippen LogP contribution in [0.15, 0.2) is 60.9 Å². The highest BCUT2D eigenvalue weighted by Gasteiger charge is 2.25. The van der Waals surface area contributed by atoms with Gasteiger partial charge in [-0.05, 0) is 30.0 Å². The Morgan fingerprint density at radius 2 is 1.88 bits per heavy atom. The molecular weight excluding hydrogens is 402 g/mol. The van der Waals surface area contributed by atoms with E-state index in [-0.39, 0.29) is 17.9 Å². The molecule has 0 spiro atoms. The normalized spacial score (nSPS) is 14.4. The second kappa shape index (κ2) is 14.7. The van der Waals surface area contributed by atoms with Gasteiger partial charge in [-0.25, -0.2) is 0 Å². The lowest BCUT2D eigenvalue weighted by Gasteiger charge is -2.33. The molecule has 1 atom stereocenters. The first kappa shape index (κ1) is 26.8. The fraction of sp³-hybridized carbons (Fsp3) is 0.385. The Bertz CT molecular complexity index is 879. The zero-order chi connectivity index (χ0) is 23.9. The number of hydrogen-bond acceptors (Lipinski definition) is 4. The summed E-state index contributed by atoms with van der Waals surface area (Å²) in [5.74, 6) is 0.402. The Morgan fingerprint density at radius 1 is 1.16 bits per heavy atom. The van der Waals surface area contributed by atoms with Gasteiger partial charge >= 0.3 is 0 Å². The van der Waals surface area contributed by atoms with E-state index in [1.807, 2.05) is 37.1 Å². The van der Waals surface area contributed by atoms with E-state index < -0.39 is 0 Å². The van der Waals surface area contributed by atoms with Crippen LogP contribution < -0.4 is 5.32 Å². The van der Waals surface area contributed by atoms with Gasteiger partial charge in [-0.1, -0.05) is 64.1 Å². The third-order valence-electron chi connectivity index (χ3n) is 4.74. The summed E-state index contributed by atoms with van der Waals surface area (Å²) in [5, 5.41) is 2.46. The monoisotopic (exact) mass is 437 g/mol. The number of aromatic nitrogens is 1. The van der Waals surface area contributed by atoms with E-state index in [1.165, 1.54) is 7.05 Å². The number of hydrogen-bond donors (Lipinski definition) is 1. The maximum Gasteiger partial charge on any atom is 0.251 e. The Morgan fingerprint density at radius 3 is 2.47 bits per heavy atom. The molecule has 2 aromatic rings. The van der Waals surface area contributed by atoms with E-state index >= 15 is 0 Å². The number of carbonyl (C=O) groups is 3. The highest BCUT2D eigenvalue weighted by Crippen LogP contribution is 2.28. The highest BCUT2D eigenvalue weighted by molar-refractivity contribution is 6.01. The van der Waals surface area contributed by atoms with Crippen molar-refractivity contribution >= 4 is 18.1 Å². The van der Waals surface area contributed by atoms with E-state index in [9.17, 15) is 14.4 Å². The lowest BCUT2D eigenvalue weighted by Crippen LogP contribution is -2.37. The Kier molecular flexibility index (Phi) is 12.3. The molecule has 1 aromatic heterocycles. The van der Waals surface area contributed by atoms with Gasteiger partial charge in [0.15, 0.2) is 6.29 Å². The van der Waals surface area contributed by atoms with Gasteiger partial charge in [-0.15, -0.1) is 0 Å². The fourth-order valence-corrected chi connectivity index (χ4v) is 3.24. The summed E-state index contributed by atoms with van der Waals surface area (Å²) in [5.41, 5.74) is 1.95. The van der Waals surface area contributed by atoms with Crippen LogP contribution in [-0.4, -0.2) is 41.6 Å². The molecule has 2 heterocycles. The summed E-state index contributed by atoms with van der Waals surface area (Å²) in [6, 6.07) is 10.8. The molecular formula is C26H35N3O3. The summed E-state index contributed by atoms with van der Waals surface area (Å²) in [4.78, 5) is 40.0. The van der Waals surface area contributed by atoms with Gasteiger partial charge in [0.25, 0.3) is 5.91 Å². The molecule has 1 aliphatic rings. The first-order valence-electron chi connectivity index (χ1n) is 11.1. The van der Waals surface area contributed by atoms with Crippen LogP contribution in [-0.2, 0) is 4.79 Å². The third-order valence-corrected chi connectivity index (χ3v) is 4.74. The number of pyridine rings is 1. The molecule has 3 rings (SSSR count). The predicted octanol–water partition coefficient (Wildman–Crippen LogP) is 4.84. The van der Waals surface area contributed by atoms with Gasteiger partial charge in [0.2, 0.25) is 5.91 Å². The molecule has 0 radical (unpaired) electrons. The molecule has 1 unspecified atom stereocenters. The standard InChI is InChI=1S/C15H20N2O.C9H9NO2.C2H6/c1-12(2)10-15(18)17-9-4-3-7-14(17)13-6-5-8-16-11-13;1-10-9(12)8-5-3-2-4-7(8)6-11;1-2/h3-6,8,11-12,14H,7,9-10H2,1-2H3;2-6H,1H3,(H,10,12);1-2H3. The van der Waals surface area contributed by atoms with Crippen molar-refractivity contribution in [3.63, 3.8) is 0 Å². The lowest BCUT2D eigenvalue weighted by atomic mass is 9.99. The summed E-state index contributed by atoms with van der Waals surface area (Å²) in [6.45, 7) is 8.87. The average Bonchev–Trinajstić information content (AvgIpc) is 2.85. The Labute approximate surface area is 191 Å². The van der Waals surface area contributed by atoms with Crippen molar-refractivity contribution in [2.75, 3.05) is 13.6 Å². The molecule has 1 aliphatic heterocycles. The summed E-state index contributed by atoms with van der Waals surface area (Å²) in [6.07, 6.45) is 10.0. The molecule has 6 nitrogen and oxygen atoms in total. The summed E-state index contributed by atoms with van der Waals surface area (Å²) < 4.78 is 0. The van der Waals surface area contributed by atoms with E-state index in [4.69, 9.17) is 0 Å². The van der Waals surface area contributed by atoms with Gasteiger partial charge in [-0.2, -0.15) is 0 Å². The largest absolute Gasteiger partial charge is 0.355 e. The summed E-state index contributed by atoms with van der Waals surface area (Å²) in [7, 11) is 1.53. The number of amides is 2. The first-order chi connectivity index (χ1) is 15.5. The van der Waals surface area contributed by atoms with Gasteiger partial charge in [0.05, 0.1) is 6.04 Å². The Balaban J connectivity index is 0.000000318. The van der Waals surface area contributed by atoms with E-state index in [0.29, 0.717) is 36.3 Å². The maximum atomic E-state index is 12.3. The number of carbonyl (C=O) groups excluding carboxylic acids is 3. The minimum absolute atomic E-state index is 0.148. The molecule has 0 bridgehead atoms. The molecule has 1 aromatic carbocycles. The second-order valence-electron chi connectivity index (χ2n) is 7.44. The predicted molar refractivity (Wildman–Crippen MR) is 128 cm³/mol. The van der Waals surface area contributed by atoms with E-state index in [0.717, 1.165) is 12.0 Å². The number of aldehydes is 1. The number of rotatable bonds is 5. The van der Waals surface area contributed by atoms with Crippen LogP contribution in [0.5, 0.6) is 0 Å². The average molecular weight is 438 g/mol. The zero-order valence-electron chi connectivity index (χ0n) is 19.7. The zero-order valence-corrected chi connectivity index (χ0v) is 19.7. The molecule has 172 valence electrons. The number of nitrogens with one attached hydrogen (secondary N) is 1. The van der Waals surface area contributed by atoms with Crippen LogP contribution in [0.1, 0.15) is 72.9 Å². The molecule has 1 N–H and O–H groups in total. The van der Waals surface area contributed by atoms with Crippen molar-refractivity contribution in [1.82, 2.24) is 15.2 Å². The minimum atomic E-state index is -0.238. The Hall–Kier alpha value is -3.28. The van der Waals surface area contributed by atoms with E-state index in [1.54, 1.807) is 30.5 Å². The van der Waals surface area contributed by atoms with Crippen LogP contribution in [0.3, 0.4) is 0 Å². The van der Waals surface area contributed by atoms with Crippen molar-refractivity contribution < 1.29 is 14.4 Å². The molecule has 0 saturated carbocycles. The van der Waals surface area contributed by atoms with Gasteiger partial charge in [0.1, 0.15) is 0 Å². The smallest absolute Gasteiger partial charge is 0.251 e. The van der Waals surface area contributed by atoms with Crippen molar-refractivity contribution in [3.05, 3.63) is 77.6 Å². The topological polar surface area (TPSA) is 79.4 Å². The van der Waals surface area contributed by atoms with Gasteiger partial charge < -0.3 is 10.2 Å². The van der Waals surface area contributed by atoms with E-state index in [2.05, 4.69) is 36.3 Å². The van der Waals surface area contributed by atoms with Crippen molar-refractivity contribution in [2.45, 2.75) is 46.6 Å². The molecule has 32 heavy (non-hydrogen) atoms. The molecule has 0 saturated heterocycles. The number of nitrogens with zero attached hydrogens (tertiary/aromatic N) is 2. The van der Waals surface area contributed by atoms with Crippen LogP contribution in [0, 0.1) is 5.92 Å². The molecule has 2 amide bonds. The second-order valence-corrected chi connectivity index (χ2v) is 7.44. The minimum Gasteiger partial charge on any atom is -0.355 e. The van der Waals surface area contributed by atoms with Gasteiger partial charge in [-0.3, -0.25) is 19.4 Å². The van der Waals surface area contributed by atoms with Crippen LogP contribution in [0.25, 0.3) is 0 Å². The summed E-state index contributed by atoms with van der Waals surface area (Å²) >= 11 is 0. The molecule has 0 aliphatic carbocycles. The molecule has 0 fully saturated rings. The maximum absolute atomic E-state index is 12.3. The first-order valence-corrected chi connectivity index (χ1v) is 11.1. The van der Waals surface area contributed by atoms with Crippen molar-refractivity contribution in [2.24, 2.45) is 5.92 Å². The highest BCUT2D eigenvalue weighted by atomic mass is 16.2. The quantitative estimate of drug-likeness (QED) is 0.536. The lowest BCUT2D eigenvalue weighted by molar-refractivity contribution is -0.134. The van der Waals surface area contributed by atoms with Crippen LogP contribution in [0.4, 0.5) is 0 Å².